The SMILES string of the molecule is C.C.CCCCCCCNC(=O)C(C)NC(=O)C(CCCCNC(C)=O)NC(=O)CCCC(=O)NC(CCCCNC(C)=O)C(=O)NC(C)C(=O)NCCCCCCC. The molecule has 8 N–H and O–H groups in total. The number of amides is 8. The molecule has 0 radical (unpaired) electrons. The van der Waals surface area contributed by atoms with Crippen molar-refractivity contribution in [2.24, 2.45) is 0 Å². The van der Waals surface area contributed by atoms with E-state index in [2.05, 4.69) is 56.4 Å². The molecule has 16 nitrogen and oxygen atoms in total. The van der Waals surface area contributed by atoms with Gasteiger partial charge in [-0.15, -0.1) is 0 Å². The van der Waals surface area contributed by atoms with Gasteiger partial charge in [0.25, 0.3) is 0 Å². The molecule has 0 aliphatic rings. The minimum atomic E-state index is -0.932. The van der Waals surface area contributed by atoms with Gasteiger partial charge in [0, 0.05) is 52.9 Å². The minimum Gasteiger partial charge on any atom is -0.356 e. The predicted octanol–water partition coefficient (Wildman–Crippen LogP) is 4.19. The van der Waals surface area contributed by atoms with Crippen LogP contribution in [-0.2, 0) is 38.4 Å². The van der Waals surface area contributed by atoms with Crippen molar-refractivity contribution in [1.29, 1.82) is 0 Å². The van der Waals surface area contributed by atoms with Crippen LogP contribution in [0.4, 0.5) is 0 Å². The molecule has 0 rings (SSSR count). The number of rotatable bonds is 34. The number of unbranched alkanes of at least 4 members (excludes halogenated alkanes) is 10. The summed E-state index contributed by atoms with van der Waals surface area (Å²) in [6, 6.07) is -3.50. The normalized spacial score (nSPS) is 12.4. The molecule has 59 heavy (non-hydrogen) atoms. The highest BCUT2D eigenvalue weighted by atomic mass is 16.2. The van der Waals surface area contributed by atoms with E-state index in [1.807, 2.05) is 0 Å². The molecule has 0 aromatic heterocycles. The summed E-state index contributed by atoms with van der Waals surface area (Å²) in [6.45, 7) is 12.1. The van der Waals surface area contributed by atoms with E-state index < -0.39 is 47.8 Å². The largest absolute Gasteiger partial charge is 0.356 e. The van der Waals surface area contributed by atoms with Crippen LogP contribution in [-0.4, -0.2) is 97.6 Å². The van der Waals surface area contributed by atoms with E-state index in [1.54, 1.807) is 13.8 Å². The van der Waals surface area contributed by atoms with Gasteiger partial charge in [-0.25, -0.2) is 0 Å². The summed E-state index contributed by atoms with van der Waals surface area (Å²) in [7, 11) is 0. The van der Waals surface area contributed by atoms with Gasteiger partial charge >= 0.3 is 0 Å². The summed E-state index contributed by atoms with van der Waals surface area (Å²) in [5.41, 5.74) is 0. The first kappa shape index (κ1) is 59.1. The molecule has 0 aromatic rings. The molecule has 0 saturated carbocycles. The second kappa shape index (κ2) is 38.0. The fourth-order valence-corrected chi connectivity index (χ4v) is 5.90. The summed E-state index contributed by atoms with van der Waals surface area (Å²) >= 11 is 0. The molecule has 4 atom stereocenters. The Morgan fingerprint density at radius 1 is 0.390 bits per heavy atom. The molecule has 0 saturated heterocycles. The van der Waals surface area contributed by atoms with Gasteiger partial charge in [-0.05, 0) is 71.6 Å². The summed E-state index contributed by atoms with van der Waals surface area (Å²) < 4.78 is 0. The minimum absolute atomic E-state index is 0. The summed E-state index contributed by atoms with van der Waals surface area (Å²) in [4.78, 5) is 100. The van der Waals surface area contributed by atoms with Crippen molar-refractivity contribution < 1.29 is 38.4 Å². The lowest BCUT2D eigenvalue weighted by Gasteiger charge is -2.22. The van der Waals surface area contributed by atoms with Gasteiger partial charge in [-0.3, -0.25) is 38.4 Å². The lowest BCUT2D eigenvalue weighted by molar-refractivity contribution is -0.132. The second-order valence-electron chi connectivity index (χ2n) is 14.9. The molecule has 4 unspecified atom stereocenters. The Hall–Kier alpha value is -4.24. The van der Waals surface area contributed by atoms with E-state index in [-0.39, 0.29) is 70.6 Å². The van der Waals surface area contributed by atoms with Crippen LogP contribution in [0.25, 0.3) is 0 Å². The zero-order valence-electron chi connectivity index (χ0n) is 35.8. The van der Waals surface area contributed by atoms with Gasteiger partial charge in [0.2, 0.25) is 47.3 Å². The van der Waals surface area contributed by atoms with Crippen LogP contribution in [0.1, 0.15) is 178 Å². The van der Waals surface area contributed by atoms with Crippen molar-refractivity contribution in [1.82, 2.24) is 42.5 Å². The van der Waals surface area contributed by atoms with E-state index in [0.29, 0.717) is 51.9 Å². The number of hydrogen-bond acceptors (Lipinski definition) is 8. The first-order valence-corrected chi connectivity index (χ1v) is 21.4. The summed E-state index contributed by atoms with van der Waals surface area (Å²) in [5.74, 6) is -2.87. The molecule has 344 valence electrons. The highest BCUT2D eigenvalue weighted by molar-refractivity contribution is 5.93. The maximum absolute atomic E-state index is 13.2. The second-order valence-corrected chi connectivity index (χ2v) is 14.9. The Bertz CT molecular complexity index is 1130. The van der Waals surface area contributed by atoms with Gasteiger partial charge in [0.1, 0.15) is 24.2 Å². The topological polar surface area (TPSA) is 233 Å². The summed E-state index contributed by atoms with van der Waals surface area (Å²) in [5, 5.41) is 22.0. The fourth-order valence-electron chi connectivity index (χ4n) is 5.90. The molecule has 0 fully saturated rings. The Balaban J connectivity index is -0.0000157. The maximum Gasteiger partial charge on any atom is 0.243 e. The monoisotopic (exact) mass is 841 g/mol. The molecular weight excluding hydrogens is 757 g/mol. The Kier molecular flexibility index (Phi) is 38.0. The van der Waals surface area contributed by atoms with Gasteiger partial charge in [0.15, 0.2) is 0 Å². The third-order valence-corrected chi connectivity index (χ3v) is 9.36. The molecule has 0 aliphatic heterocycles. The zero-order chi connectivity index (χ0) is 42.8. The highest BCUT2D eigenvalue weighted by Gasteiger charge is 2.26. The Labute approximate surface area is 356 Å². The predicted molar refractivity (Wildman–Crippen MR) is 235 cm³/mol. The van der Waals surface area contributed by atoms with Crippen LogP contribution >= 0.6 is 0 Å². The van der Waals surface area contributed by atoms with Crippen LogP contribution < -0.4 is 42.5 Å². The molecule has 0 heterocycles. The first-order valence-electron chi connectivity index (χ1n) is 21.4. The van der Waals surface area contributed by atoms with Gasteiger partial charge < -0.3 is 42.5 Å². The van der Waals surface area contributed by atoms with E-state index in [0.717, 1.165) is 64.2 Å². The number of carbonyl (C=O) groups is 8. The molecule has 0 aromatic carbocycles. The molecular formula is C43H84N8O8. The molecule has 0 bridgehead atoms. The van der Waals surface area contributed by atoms with E-state index in [1.165, 1.54) is 13.8 Å². The zero-order valence-corrected chi connectivity index (χ0v) is 35.8. The van der Waals surface area contributed by atoms with Crippen molar-refractivity contribution in [3.05, 3.63) is 0 Å². The number of hydrogen-bond donors (Lipinski definition) is 8. The lowest BCUT2D eigenvalue weighted by atomic mass is 10.1. The average molecular weight is 841 g/mol. The van der Waals surface area contributed by atoms with Crippen LogP contribution in [0.15, 0.2) is 0 Å². The van der Waals surface area contributed by atoms with E-state index in [4.69, 9.17) is 0 Å². The molecule has 0 aliphatic carbocycles. The number of nitrogens with one attached hydrogen (secondary N) is 8. The van der Waals surface area contributed by atoms with Crippen LogP contribution in [0.5, 0.6) is 0 Å². The van der Waals surface area contributed by atoms with Crippen LogP contribution in [0.3, 0.4) is 0 Å². The first-order chi connectivity index (χ1) is 27.2. The van der Waals surface area contributed by atoms with Gasteiger partial charge in [0.05, 0.1) is 0 Å². The van der Waals surface area contributed by atoms with Crippen molar-refractivity contribution >= 4 is 47.3 Å². The smallest absolute Gasteiger partial charge is 0.243 e. The third-order valence-electron chi connectivity index (χ3n) is 9.36. The molecule has 16 heteroatoms. The third kappa shape index (κ3) is 33.3. The quantitative estimate of drug-likeness (QED) is 0.0437. The lowest BCUT2D eigenvalue weighted by Crippen LogP contribution is -2.53. The maximum atomic E-state index is 13.2. The fraction of sp³-hybridized carbons (Fsp3) is 0.814. The highest BCUT2D eigenvalue weighted by Crippen LogP contribution is 2.07. The van der Waals surface area contributed by atoms with Crippen molar-refractivity contribution in [2.45, 2.75) is 203 Å². The van der Waals surface area contributed by atoms with Gasteiger partial charge in [-0.1, -0.05) is 80.1 Å². The van der Waals surface area contributed by atoms with Gasteiger partial charge in [-0.2, -0.15) is 0 Å². The van der Waals surface area contributed by atoms with Crippen molar-refractivity contribution in [2.75, 3.05) is 26.2 Å². The Morgan fingerprint density at radius 2 is 0.712 bits per heavy atom. The number of carbonyl (C=O) groups excluding carboxylic acids is 8. The molecule has 8 amide bonds. The van der Waals surface area contributed by atoms with Crippen molar-refractivity contribution in [3.8, 4) is 0 Å². The van der Waals surface area contributed by atoms with E-state index in [9.17, 15) is 38.4 Å². The standard InChI is InChI=1S/C41H76N8O8.2CH4/c1-7-9-11-13-17-28-44-38(54)30(3)46-40(56)34(22-15-19-26-42-32(5)50)48-36(52)24-21-25-37(53)49-35(23-16-20-27-43-33(6)51)41(57)47-31(4)39(55)45-29-18-14-12-10-8-2;;/h30-31,34-35H,7-29H2,1-6H3,(H,42,50)(H,43,51)(H,44,54)(H,45,55)(H,46,56)(H,47,57)(H,48,52)(H,49,53);2*1H4. The Morgan fingerprint density at radius 3 is 1.05 bits per heavy atom. The molecule has 0 spiro atoms. The summed E-state index contributed by atoms with van der Waals surface area (Å²) in [6.07, 6.45) is 13.2. The van der Waals surface area contributed by atoms with Crippen LogP contribution in [0.2, 0.25) is 0 Å². The van der Waals surface area contributed by atoms with Crippen LogP contribution in [0, 0.1) is 0 Å². The average Bonchev–Trinajstić information content (AvgIpc) is 3.15. The van der Waals surface area contributed by atoms with E-state index >= 15 is 0 Å². The van der Waals surface area contributed by atoms with Crippen molar-refractivity contribution in [3.63, 3.8) is 0 Å².